The Balaban J connectivity index is 2.17. The highest BCUT2D eigenvalue weighted by Gasteiger charge is 2.03. The minimum Gasteiger partial charge on any atom is -0.462 e. The number of aromatic nitrogens is 2. The molecule has 0 aliphatic heterocycles. The molecule has 82 valence electrons. The van der Waals surface area contributed by atoms with Gasteiger partial charge in [-0.2, -0.15) is 0 Å². The number of ether oxygens (including phenoxy) is 1. The fraction of sp³-hybridized carbons (Fsp3) is 0.455. The van der Waals surface area contributed by atoms with Gasteiger partial charge in [-0.1, -0.05) is 6.58 Å². The number of nitrogens with zero attached hydrogens (tertiary/aromatic N) is 2. The summed E-state index contributed by atoms with van der Waals surface area (Å²) < 4.78 is 9.00. The molecule has 0 bridgehead atoms. The van der Waals surface area contributed by atoms with Crippen molar-refractivity contribution in [1.29, 1.82) is 0 Å². The molecule has 1 rings (SSSR count). The van der Waals surface area contributed by atoms with Gasteiger partial charge in [-0.05, 0) is 6.92 Å². The number of esters is 1. The molecule has 0 fully saturated rings. The van der Waals surface area contributed by atoms with Crippen LogP contribution in [0.1, 0.15) is 13.3 Å². The van der Waals surface area contributed by atoms with Crippen LogP contribution in [-0.2, 0) is 23.1 Å². The third-order valence-corrected chi connectivity index (χ3v) is 1.97. The van der Waals surface area contributed by atoms with E-state index in [2.05, 4.69) is 11.1 Å². The Bertz CT molecular complexity index is 355. The summed E-state index contributed by atoms with van der Waals surface area (Å²) in [6.07, 6.45) is 6.76. The summed E-state index contributed by atoms with van der Waals surface area (Å²) in [5.41, 5.74) is 0.447. The van der Waals surface area contributed by atoms with Gasteiger partial charge in [-0.3, -0.25) is 0 Å². The first-order valence-electron chi connectivity index (χ1n) is 4.93. The average molecular weight is 209 g/mol. The van der Waals surface area contributed by atoms with E-state index in [9.17, 15) is 4.79 Å². The van der Waals surface area contributed by atoms with Gasteiger partial charge in [-0.15, -0.1) is 0 Å². The van der Waals surface area contributed by atoms with E-state index in [1.807, 2.05) is 30.3 Å². The second kappa shape index (κ2) is 5.34. The van der Waals surface area contributed by atoms with Gasteiger partial charge in [0, 0.05) is 12.0 Å². The molecule has 0 aliphatic rings. The minimum atomic E-state index is -0.312. The molecule has 4 heteroatoms. The van der Waals surface area contributed by atoms with Crippen LogP contribution in [0.4, 0.5) is 0 Å². The maximum Gasteiger partial charge on any atom is 0.333 e. The second-order valence-corrected chi connectivity index (χ2v) is 3.59. The molecule has 0 spiro atoms. The summed E-state index contributed by atoms with van der Waals surface area (Å²) >= 11 is 0. The highest BCUT2D eigenvalue weighted by molar-refractivity contribution is 5.86. The average Bonchev–Trinajstić information content (AvgIpc) is 2.58. The largest absolute Gasteiger partial charge is 0.462 e. The van der Waals surface area contributed by atoms with Gasteiger partial charge in [0.15, 0.2) is 0 Å². The molecule has 0 amide bonds. The molecule has 1 heterocycles. The highest BCUT2D eigenvalue weighted by Crippen LogP contribution is 1.95. The molecule has 4 nitrogen and oxygen atoms in total. The number of carbonyl (C=O) groups is 1. The van der Waals surface area contributed by atoms with E-state index in [1.165, 1.54) is 0 Å². The fourth-order valence-electron chi connectivity index (χ4n) is 1.17. The predicted molar refractivity (Wildman–Crippen MR) is 56.0 cm³/mol. The molecule has 1 aromatic heterocycles. The number of aryl methyl sites for hydroxylation is 2. The van der Waals surface area contributed by atoms with Crippen LogP contribution in [0.2, 0.25) is 0 Å². The van der Waals surface area contributed by atoms with Crippen molar-refractivity contribution in [3.05, 3.63) is 30.9 Å². The maximum atomic E-state index is 11.0. The molecule has 0 aromatic carbocycles. The molecule has 0 N–H and O–H groups in total. The van der Waals surface area contributed by atoms with Crippen LogP contribution < -0.4 is 4.57 Å². The predicted octanol–water partition coefficient (Wildman–Crippen LogP) is 0.822. The van der Waals surface area contributed by atoms with Gasteiger partial charge in [0.1, 0.15) is 12.4 Å². The quantitative estimate of drug-likeness (QED) is 0.311. The summed E-state index contributed by atoms with van der Waals surface area (Å²) in [6.45, 7) is 6.45. The maximum absolute atomic E-state index is 11.0. The number of rotatable bonds is 5. The van der Waals surface area contributed by atoms with E-state index in [0.717, 1.165) is 13.0 Å². The SMILES string of the molecule is C=C(C)C(=O)OCCCn1cc[n+](C)c1. The van der Waals surface area contributed by atoms with E-state index in [-0.39, 0.29) is 5.97 Å². The summed E-state index contributed by atoms with van der Waals surface area (Å²) in [5.74, 6) is -0.312. The zero-order valence-electron chi connectivity index (χ0n) is 9.27. The Morgan fingerprint density at radius 3 is 2.87 bits per heavy atom. The fourth-order valence-corrected chi connectivity index (χ4v) is 1.17. The van der Waals surface area contributed by atoms with Crippen LogP contribution in [-0.4, -0.2) is 17.1 Å². The van der Waals surface area contributed by atoms with Crippen molar-refractivity contribution < 1.29 is 14.1 Å². The lowest BCUT2D eigenvalue weighted by atomic mass is 10.3. The molecule has 15 heavy (non-hydrogen) atoms. The highest BCUT2D eigenvalue weighted by atomic mass is 16.5. The van der Waals surface area contributed by atoms with Crippen molar-refractivity contribution >= 4 is 5.97 Å². The van der Waals surface area contributed by atoms with Crippen molar-refractivity contribution in [1.82, 2.24) is 4.57 Å². The van der Waals surface area contributed by atoms with E-state index in [0.29, 0.717) is 12.2 Å². The second-order valence-electron chi connectivity index (χ2n) is 3.59. The Morgan fingerprint density at radius 1 is 1.60 bits per heavy atom. The summed E-state index contributed by atoms with van der Waals surface area (Å²) in [5, 5.41) is 0. The third kappa shape index (κ3) is 3.97. The van der Waals surface area contributed by atoms with Crippen LogP contribution in [0.3, 0.4) is 0 Å². The van der Waals surface area contributed by atoms with E-state index >= 15 is 0 Å². The minimum absolute atomic E-state index is 0.312. The monoisotopic (exact) mass is 209 g/mol. The van der Waals surface area contributed by atoms with Gasteiger partial charge < -0.3 is 4.74 Å². The Morgan fingerprint density at radius 2 is 2.33 bits per heavy atom. The molecular weight excluding hydrogens is 192 g/mol. The van der Waals surface area contributed by atoms with Crippen molar-refractivity contribution in [3.63, 3.8) is 0 Å². The van der Waals surface area contributed by atoms with Gasteiger partial charge in [-0.25, -0.2) is 13.9 Å². The number of carbonyl (C=O) groups excluding carboxylic acids is 1. The lowest BCUT2D eigenvalue weighted by molar-refractivity contribution is -0.671. The first kappa shape index (κ1) is 11.5. The van der Waals surface area contributed by atoms with Crippen molar-refractivity contribution in [2.45, 2.75) is 19.9 Å². The Labute approximate surface area is 89.8 Å². The summed E-state index contributed by atoms with van der Waals surface area (Å²) in [6, 6.07) is 0. The Hall–Kier alpha value is -1.58. The summed E-state index contributed by atoms with van der Waals surface area (Å²) in [4.78, 5) is 11.0. The van der Waals surface area contributed by atoms with Crippen molar-refractivity contribution in [3.8, 4) is 0 Å². The molecule has 0 aliphatic carbocycles. The van der Waals surface area contributed by atoms with Crippen LogP contribution in [0, 0.1) is 0 Å². The van der Waals surface area contributed by atoms with Gasteiger partial charge >= 0.3 is 5.97 Å². The van der Waals surface area contributed by atoms with Crippen LogP contribution in [0.25, 0.3) is 0 Å². The van der Waals surface area contributed by atoms with Gasteiger partial charge in [0.25, 0.3) is 0 Å². The van der Waals surface area contributed by atoms with E-state index in [1.54, 1.807) is 6.92 Å². The first-order valence-corrected chi connectivity index (χ1v) is 4.93. The molecule has 0 atom stereocenters. The van der Waals surface area contributed by atoms with Crippen LogP contribution in [0.15, 0.2) is 30.9 Å². The molecule has 0 saturated heterocycles. The normalized spacial score (nSPS) is 10.0. The van der Waals surface area contributed by atoms with Crippen molar-refractivity contribution in [2.24, 2.45) is 7.05 Å². The van der Waals surface area contributed by atoms with Crippen LogP contribution in [0.5, 0.6) is 0 Å². The van der Waals surface area contributed by atoms with Crippen molar-refractivity contribution in [2.75, 3.05) is 6.61 Å². The lowest BCUT2D eigenvalue weighted by Gasteiger charge is -2.02. The number of imidazole rings is 1. The van der Waals surface area contributed by atoms with Crippen LogP contribution >= 0.6 is 0 Å². The molecule has 1 aromatic rings. The van der Waals surface area contributed by atoms with E-state index in [4.69, 9.17) is 4.74 Å². The zero-order valence-corrected chi connectivity index (χ0v) is 9.27. The molecule has 0 saturated carbocycles. The van der Waals surface area contributed by atoms with E-state index < -0.39 is 0 Å². The first-order chi connectivity index (χ1) is 7.09. The lowest BCUT2D eigenvalue weighted by Crippen LogP contribution is -2.23. The third-order valence-electron chi connectivity index (χ3n) is 1.97. The number of hydrogen-bond acceptors (Lipinski definition) is 2. The molecule has 0 radical (unpaired) electrons. The topological polar surface area (TPSA) is 35.1 Å². The zero-order chi connectivity index (χ0) is 11.3. The Kier molecular flexibility index (Phi) is 4.09. The molecular formula is C11H17N2O2+. The number of hydrogen-bond donors (Lipinski definition) is 0. The summed E-state index contributed by atoms with van der Waals surface area (Å²) in [7, 11) is 1.97. The smallest absolute Gasteiger partial charge is 0.333 e. The molecule has 0 unspecified atom stereocenters. The van der Waals surface area contributed by atoms with Gasteiger partial charge in [0.05, 0.1) is 20.2 Å². The van der Waals surface area contributed by atoms with Gasteiger partial charge in [0.2, 0.25) is 6.33 Å². The standard InChI is InChI=1S/C11H17N2O2/c1-10(2)11(14)15-8-4-5-13-7-6-12(3)9-13/h6-7,9H,1,4-5,8H2,2-3H3/q+1.